The Bertz CT molecular complexity index is 1670. The second-order valence-corrected chi connectivity index (χ2v) is 10.4. The minimum absolute atomic E-state index is 0.0790. The van der Waals surface area contributed by atoms with Crippen LogP contribution in [0.4, 0.5) is 23.2 Å². The van der Waals surface area contributed by atoms with Crippen LogP contribution in [0.1, 0.15) is 48.8 Å². The smallest absolute Gasteiger partial charge is 0.406 e. The van der Waals surface area contributed by atoms with Crippen molar-refractivity contribution in [3.63, 3.8) is 0 Å². The Kier molecular flexibility index (Phi) is 5.75. The van der Waals surface area contributed by atoms with Crippen molar-refractivity contribution in [3.05, 3.63) is 59.3 Å². The van der Waals surface area contributed by atoms with Crippen LogP contribution in [-0.2, 0) is 10.2 Å². The number of hydrogen-bond donors (Lipinski definition) is 0. The molecule has 208 valence electrons. The number of ether oxygens (including phenoxy) is 2. The van der Waals surface area contributed by atoms with Gasteiger partial charge in [0, 0.05) is 17.4 Å². The molecule has 1 unspecified atom stereocenters. The molecule has 0 spiro atoms. The molecule has 1 fully saturated rings. The highest BCUT2D eigenvalue weighted by Gasteiger charge is 2.49. The van der Waals surface area contributed by atoms with Crippen molar-refractivity contribution in [1.29, 1.82) is 0 Å². The largest absolute Gasteiger partial charge is 0.480 e. The second kappa shape index (κ2) is 8.86. The summed E-state index contributed by atoms with van der Waals surface area (Å²) in [4.78, 5) is 26.2. The lowest BCUT2D eigenvalue weighted by Gasteiger charge is -2.21. The first-order valence-electron chi connectivity index (χ1n) is 12.5. The number of aromatic nitrogens is 5. The van der Waals surface area contributed by atoms with Gasteiger partial charge in [0.2, 0.25) is 17.7 Å². The van der Waals surface area contributed by atoms with Gasteiger partial charge in [0.1, 0.15) is 6.54 Å². The van der Waals surface area contributed by atoms with Gasteiger partial charge in [0.05, 0.1) is 37.1 Å². The third-order valence-electron chi connectivity index (χ3n) is 7.56. The van der Waals surface area contributed by atoms with Gasteiger partial charge in [-0.15, -0.1) is 0 Å². The van der Waals surface area contributed by atoms with E-state index in [1.54, 1.807) is 32.0 Å². The van der Waals surface area contributed by atoms with E-state index in [0.717, 1.165) is 21.2 Å². The van der Waals surface area contributed by atoms with Gasteiger partial charge in [-0.2, -0.15) is 32.2 Å². The van der Waals surface area contributed by atoms with Crippen LogP contribution in [0.5, 0.6) is 11.9 Å². The molecule has 0 N–H and O–H groups in total. The third kappa shape index (κ3) is 4.11. The van der Waals surface area contributed by atoms with Gasteiger partial charge >= 0.3 is 12.2 Å². The summed E-state index contributed by atoms with van der Waals surface area (Å²) in [6.45, 7) is 1.90. The maximum atomic E-state index is 14.7. The average Bonchev–Trinajstić information content (AvgIpc) is 3.61. The number of anilines is 1. The summed E-state index contributed by atoms with van der Waals surface area (Å²) in [5, 5.41) is 4.38. The molecule has 2 aliphatic rings. The van der Waals surface area contributed by atoms with E-state index in [0.29, 0.717) is 34.5 Å². The highest BCUT2D eigenvalue weighted by atomic mass is 19.4. The maximum absolute atomic E-state index is 14.7. The molecular formula is C27H24F4N6O3. The monoisotopic (exact) mass is 556 g/mol. The lowest BCUT2D eigenvalue weighted by molar-refractivity contribution is -0.134. The summed E-state index contributed by atoms with van der Waals surface area (Å²) in [6.07, 6.45) is -1.34. The van der Waals surface area contributed by atoms with Crippen LogP contribution in [0.3, 0.4) is 0 Å². The summed E-state index contributed by atoms with van der Waals surface area (Å²) < 4.78 is 66.3. The van der Waals surface area contributed by atoms with Gasteiger partial charge in [-0.1, -0.05) is 12.1 Å². The van der Waals surface area contributed by atoms with Crippen molar-refractivity contribution in [2.24, 2.45) is 0 Å². The molecule has 1 aliphatic carbocycles. The SMILES string of the molecule is COc1ncc(-c2cc([C@H]3CC3c3ccc4c(c3)N(CC(F)(F)F)C(=O)C4(C)C)c3ncc(F)n3n2)c(OC)n1. The van der Waals surface area contributed by atoms with Crippen molar-refractivity contribution < 1.29 is 31.8 Å². The van der Waals surface area contributed by atoms with Crippen molar-refractivity contribution in [1.82, 2.24) is 24.6 Å². The third-order valence-corrected chi connectivity index (χ3v) is 7.56. The standard InChI is InChI=1S/C27H24F4N6O3/c1-26(2)18-6-5-13(7-20(18)36(24(26)38)12-27(29,30)31)14-8-15(14)16-9-19(35-37-21(28)11-32-22(16)37)17-10-33-25(40-4)34-23(17)39-3/h5-7,9-11,14-15H,8,12H2,1-4H3/t14?,15-/m0/s1. The van der Waals surface area contributed by atoms with Crippen LogP contribution in [-0.4, -0.2) is 57.4 Å². The zero-order valence-corrected chi connectivity index (χ0v) is 22.0. The molecule has 6 rings (SSSR count). The number of rotatable bonds is 6. The van der Waals surface area contributed by atoms with E-state index in [-0.39, 0.29) is 29.4 Å². The van der Waals surface area contributed by atoms with Gasteiger partial charge in [0.25, 0.3) is 0 Å². The van der Waals surface area contributed by atoms with Gasteiger partial charge in [-0.25, -0.2) is 9.97 Å². The summed E-state index contributed by atoms with van der Waals surface area (Å²) in [7, 11) is 2.85. The van der Waals surface area contributed by atoms with E-state index in [9.17, 15) is 22.4 Å². The Hall–Kier alpha value is -4.29. The average molecular weight is 557 g/mol. The second-order valence-electron chi connectivity index (χ2n) is 10.4. The quantitative estimate of drug-likeness (QED) is 0.315. The molecule has 1 aliphatic heterocycles. The van der Waals surface area contributed by atoms with Crippen molar-refractivity contribution >= 4 is 17.2 Å². The molecule has 2 atom stereocenters. The Morgan fingerprint density at radius 2 is 1.85 bits per heavy atom. The Labute approximate surface area is 225 Å². The molecule has 3 aromatic heterocycles. The van der Waals surface area contributed by atoms with E-state index in [4.69, 9.17) is 9.47 Å². The molecule has 0 saturated heterocycles. The Balaban J connectivity index is 1.40. The summed E-state index contributed by atoms with van der Waals surface area (Å²) in [5.74, 6) is -1.26. The Morgan fingerprint density at radius 1 is 1.07 bits per heavy atom. The van der Waals surface area contributed by atoms with E-state index in [1.807, 2.05) is 6.07 Å². The zero-order valence-electron chi connectivity index (χ0n) is 22.0. The first kappa shape index (κ1) is 26.0. The number of alkyl halides is 3. The topological polar surface area (TPSA) is 94.7 Å². The number of carbonyl (C=O) groups is 1. The van der Waals surface area contributed by atoms with E-state index < -0.39 is 30.0 Å². The van der Waals surface area contributed by atoms with E-state index in [1.165, 1.54) is 20.4 Å². The molecule has 1 aromatic carbocycles. The van der Waals surface area contributed by atoms with Crippen LogP contribution in [0.15, 0.2) is 36.7 Å². The van der Waals surface area contributed by atoms with Crippen LogP contribution in [0.2, 0.25) is 0 Å². The van der Waals surface area contributed by atoms with E-state index >= 15 is 0 Å². The van der Waals surface area contributed by atoms with Crippen LogP contribution >= 0.6 is 0 Å². The van der Waals surface area contributed by atoms with Gasteiger partial charge < -0.3 is 14.4 Å². The molecule has 1 amide bonds. The summed E-state index contributed by atoms with van der Waals surface area (Å²) in [5.41, 5.74) is 2.34. The van der Waals surface area contributed by atoms with E-state index in [2.05, 4.69) is 20.1 Å². The van der Waals surface area contributed by atoms with Crippen LogP contribution in [0.25, 0.3) is 16.9 Å². The normalized spacial score (nSPS) is 19.7. The molecule has 40 heavy (non-hydrogen) atoms. The first-order chi connectivity index (χ1) is 18.9. The molecule has 0 radical (unpaired) electrons. The number of amides is 1. The zero-order chi connectivity index (χ0) is 28.6. The number of halogens is 4. The fourth-order valence-electron chi connectivity index (χ4n) is 5.49. The van der Waals surface area contributed by atoms with Crippen LogP contribution in [0, 0.1) is 5.95 Å². The van der Waals surface area contributed by atoms with Crippen molar-refractivity contribution in [2.75, 3.05) is 25.7 Å². The molecule has 1 saturated carbocycles. The lowest BCUT2D eigenvalue weighted by atomic mass is 9.85. The summed E-state index contributed by atoms with van der Waals surface area (Å²) >= 11 is 0. The number of hydrogen-bond acceptors (Lipinski definition) is 7. The number of methoxy groups -OCH3 is 2. The number of imidazole rings is 1. The van der Waals surface area contributed by atoms with Gasteiger partial charge in [-0.3, -0.25) is 4.79 Å². The number of benzene rings is 1. The minimum atomic E-state index is -4.54. The fraction of sp³-hybridized carbons (Fsp3) is 0.370. The number of nitrogens with zero attached hydrogens (tertiary/aromatic N) is 6. The fourth-order valence-corrected chi connectivity index (χ4v) is 5.49. The molecule has 13 heteroatoms. The lowest BCUT2D eigenvalue weighted by Crippen LogP contribution is -2.41. The minimum Gasteiger partial charge on any atom is -0.480 e. The van der Waals surface area contributed by atoms with Gasteiger partial charge in [-0.05, 0) is 55.4 Å². The molecular weight excluding hydrogens is 532 g/mol. The molecule has 0 bridgehead atoms. The molecule has 9 nitrogen and oxygen atoms in total. The van der Waals surface area contributed by atoms with Crippen LogP contribution < -0.4 is 14.4 Å². The van der Waals surface area contributed by atoms with Crippen molar-refractivity contribution in [3.8, 4) is 23.1 Å². The summed E-state index contributed by atoms with van der Waals surface area (Å²) in [6, 6.07) is 7.12. The molecule has 4 heterocycles. The first-order valence-corrected chi connectivity index (χ1v) is 12.5. The van der Waals surface area contributed by atoms with Crippen molar-refractivity contribution in [2.45, 2.75) is 43.7 Å². The molecule has 4 aromatic rings. The maximum Gasteiger partial charge on any atom is 0.406 e. The highest BCUT2D eigenvalue weighted by Crippen LogP contribution is 2.57. The number of carbonyl (C=O) groups excluding carboxylic acids is 1. The predicted octanol–water partition coefficient (Wildman–Crippen LogP) is 4.80. The highest BCUT2D eigenvalue weighted by molar-refractivity contribution is 6.07. The predicted molar refractivity (Wildman–Crippen MR) is 135 cm³/mol. The number of fused-ring (bicyclic) bond motifs is 2. The Morgan fingerprint density at radius 3 is 2.55 bits per heavy atom. The van der Waals surface area contributed by atoms with Gasteiger partial charge in [0.15, 0.2) is 5.65 Å².